The van der Waals surface area contributed by atoms with Crippen molar-refractivity contribution >= 4 is 21.4 Å². The highest BCUT2D eigenvalue weighted by Gasteiger charge is 2.10. The SMILES string of the molecule is N#Cc1ccccc1-c1cnn2cc(Br)ccc12. The fraction of sp³-hybridized carbons (Fsp3) is 0. The molecule has 18 heavy (non-hydrogen) atoms. The highest BCUT2D eigenvalue weighted by Crippen LogP contribution is 2.28. The van der Waals surface area contributed by atoms with E-state index >= 15 is 0 Å². The molecule has 0 aliphatic heterocycles. The van der Waals surface area contributed by atoms with E-state index in [0.29, 0.717) is 5.56 Å². The Kier molecular flexibility index (Phi) is 2.62. The molecule has 0 bridgehead atoms. The lowest BCUT2D eigenvalue weighted by Crippen LogP contribution is -1.86. The van der Waals surface area contributed by atoms with Crippen LogP contribution in [0.2, 0.25) is 0 Å². The molecule has 4 heteroatoms. The highest BCUT2D eigenvalue weighted by atomic mass is 79.9. The molecule has 0 amide bonds. The second kappa shape index (κ2) is 4.28. The Hall–Kier alpha value is -2.12. The van der Waals surface area contributed by atoms with Crippen LogP contribution in [0.15, 0.2) is 53.3 Å². The molecule has 0 atom stereocenters. The standard InChI is InChI=1S/C14H8BrN3/c15-11-5-6-14-13(8-17-18(14)9-11)12-4-2-1-3-10(12)7-16/h1-6,8-9H. The minimum absolute atomic E-state index is 0.662. The Labute approximate surface area is 112 Å². The normalized spacial score (nSPS) is 10.4. The molecule has 0 N–H and O–H groups in total. The average molecular weight is 298 g/mol. The second-order valence-electron chi connectivity index (χ2n) is 3.89. The van der Waals surface area contributed by atoms with Gasteiger partial charge >= 0.3 is 0 Å². The molecule has 0 unspecified atom stereocenters. The monoisotopic (exact) mass is 297 g/mol. The van der Waals surface area contributed by atoms with E-state index in [1.165, 1.54) is 0 Å². The number of pyridine rings is 1. The molecule has 2 aromatic heterocycles. The summed E-state index contributed by atoms with van der Waals surface area (Å²) >= 11 is 3.41. The van der Waals surface area contributed by atoms with Gasteiger partial charge in [0.2, 0.25) is 0 Å². The maximum absolute atomic E-state index is 9.15. The van der Waals surface area contributed by atoms with Crippen molar-refractivity contribution in [2.45, 2.75) is 0 Å². The third kappa shape index (κ3) is 1.69. The molecule has 0 saturated carbocycles. The first kappa shape index (κ1) is 11.0. The summed E-state index contributed by atoms with van der Waals surface area (Å²) in [5.74, 6) is 0. The van der Waals surface area contributed by atoms with Crippen LogP contribution in [0.3, 0.4) is 0 Å². The summed E-state index contributed by atoms with van der Waals surface area (Å²) in [7, 11) is 0. The van der Waals surface area contributed by atoms with E-state index in [1.807, 2.05) is 42.6 Å². The van der Waals surface area contributed by atoms with Gasteiger partial charge in [-0.1, -0.05) is 18.2 Å². The van der Waals surface area contributed by atoms with Crippen molar-refractivity contribution in [1.82, 2.24) is 9.61 Å². The van der Waals surface area contributed by atoms with E-state index < -0.39 is 0 Å². The summed E-state index contributed by atoms with van der Waals surface area (Å²) < 4.78 is 2.77. The van der Waals surface area contributed by atoms with Crippen LogP contribution in [-0.2, 0) is 0 Å². The number of rotatable bonds is 1. The molecule has 0 fully saturated rings. The van der Waals surface area contributed by atoms with Crippen molar-refractivity contribution < 1.29 is 0 Å². The Morgan fingerprint density at radius 3 is 2.78 bits per heavy atom. The molecule has 0 spiro atoms. The van der Waals surface area contributed by atoms with Crippen LogP contribution in [0, 0.1) is 11.3 Å². The van der Waals surface area contributed by atoms with Gasteiger partial charge < -0.3 is 0 Å². The average Bonchev–Trinajstić information content (AvgIpc) is 2.81. The Morgan fingerprint density at radius 1 is 1.11 bits per heavy atom. The zero-order chi connectivity index (χ0) is 12.5. The fourth-order valence-corrected chi connectivity index (χ4v) is 2.31. The van der Waals surface area contributed by atoms with Crippen LogP contribution in [0.4, 0.5) is 0 Å². The van der Waals surface area contributed by atoms with Crippen LogP contribution in [0.5, 0.6) is 0 Å². The summed E-state index contributed by atoms with van der Waals surface area (Å²) in [6.07, 6.45) is 3.69. The van der Waals surface area contributed by atoms with Gasteiger partial charge in [0.05, 0.1) is 23.3 Å². The van der Waals surface area contributed by atoms with E-state index in [4.69, 9.17) is 5.26 Å². The predicted octanol–water partition coefficient (Wildman–Crippen LogP) is 3.64. The summed E-state index contributed by atoms with van der Waals surface area (Å²) in [6, 6.07) is 13.7. The fourth-order valence-electron chi connectivity index (χ4n) is 1.98. The first-order valence-corrected chi connectivity index (χ1v) is 6.21. The molecular weight excluding hydrogens is 290 g/mol. The van der Waals surface area contributed by atoms with Gasteiger partial charge in [0.15, 0.2) is 0 Å². The molecule has 3 nitrogen and oxygen atoms in total. The van der Waals surface area contributed by atoms with Crippen LogP contribution < -0.4 is 0 Å². The van der Waals surface area contributed by atoms with Gasteiger partial charge in [-0.3, -0.25) is 0 Å². The first-order valence-electron chi connectivity index (χ1n) is 5.42. The quantitative estimate of drug-likeness (QED) is 0.688. The van der Waals surface area contributed by atoms with Crippen molar-refractivity contribution in [1.29, 1.82) is 5.26 Å². The van der Waals surface area contributed by atoms with E-state index in [9.17, 15) is 0 Å². The van der Waals surface area contributed by atoms with E-state index in [-0.39, 0.29) is 0 Å². The molecule has 0 aliphatic carbocycles. The van der Waals surface area contributed by atoms with Crippen LogP contribution >= 0.6 is 15.9 Å². The molecule has 3 aromatic rings. The highest BCUT2D eigenvalue weighted by molar-refractivity contribution is 9.10. The van der Waals surface area contributed by atoms with Crippen molar-refractivity contribution in [3.05, 3.63) is 58.8 Å². The molecule has 86 valence electrons. The van der Waals surface area contributed by atoms with Crippen LogP contribution in [-0.4, -0.2) is 9.61 Å². The van der Waals surface area contributed by atoms with Crippen LogP contribution in [0.25, 0.3) is 16.6 Å². The summed E-state index contributed by atoms with van der Waals surface area (Å²) in [5, 5.41) is 13.5. The maximum atomic E-state index is 9.15. The smallest absolute Gasteiger partial charge is 0.0998 e. The maximum Gasteiger partial charge on any atom is 0.0998 e. The molecule has 3 rings (SSSR count). The number of halogens is 1. The van der Waals surface area contributed by atoms with Gasteiger partial charge in [0.25, 0.3) is 0 Å². The first-order chi connectivity index (χ1) is 8.79. The number of nitriles is 1. The molecule has 1 aromatic carbocycles. The number of aromatic nitrogens is 2. The van der Waals surface area contributed by atoms with E-state index in [1.54, 1.807) is 10.7 Å². The lowest BCUT2D eigenvalue weighted by molar-refractivity contribution is 0.956. The Bertz CT molecular complexity index is 768. The zero-order valence-corrected chi connectivity index (χ0v) is 10.9. The number of hydrogen-bond acceptors (Lipinski definition) is 2. The lowest BCUT2D eigenvalue weighted by Gasteiger charge is -2.02. The summed E-state index contributed by atoms with van der Waals surface area (Å²) in [5.41, 5.74) is 3.54. The van der Waals surface area contributed by atoms with E-state index in [0.717, 1.165) is 21.1 Å². The third-order valence-electron chi connectivity index (χ3n) is 2.82. The number of benzene rings is 1. The van der Waals surface area contributed by atoms with Gasteiger partial charge in [-0.2, -0.15) is 10.4 Å². The minimum atomic E-state index is 0.662. The van der Waals surface area contributed by atoms with Crippen molar-refractivity contribution in [3.63, 3.8) is 0 Å². The second-order valence-corrected chi connectivity index (χ2v) is 4.81. The summed E-state index contributed by atoms with van der Waals surface area (Å²) in [6.45, 7) is 0. The zero-order valence-electron chi connectivity index (χ0n) is 9.34. The molecular formula is C14H8BrN3. The van der Waals surface area contributed by atoms with Crippen molar-refractivity contribution in [2.24, 2.45) is 0 Å². The third-order valence-corrected chi connectivity index (χ3v) is 3.29. The lowest BCUT2D eigenvalue weighted by atomic mass is 10.0. The van der Waals surface area contributed by atoms with Crippen LogP contribution in [0.1, 0.15) is 5.56 Å². The minimum Gasteiger partial charge on any atom is -0.239 e. The molecule has 2 heterocycles. The molecule has 0 saturated heterocycles. The van der Waals surface area contributed by atoms with Gasteiger partial charge in [-0.15, -0.1) is 0 Å². The van der Waals surface area contributed by atoms with Gasteiger partial charge in [0, 0.05) is 21.8 Å². The summed E-state index contributed by atoms with van der Waals surface area (Å²) in [4.78, 5) is 0. The number of hydrogen-bond donors (Lipinski definition) is 0. The molecule has 0 aliphatic rings. The van der Waals surface area contributed by atoms with Gasteiger partial charge in [-0.05, 0) is 34.1 Å². The Morgan fingerprint density at radius 2 is 1.94 bits per heavy atom. The van der Waals surface area contributed by atoms with Crippen molar-refractivity contribution in [2.75, 3.05) is 0 Å². The topological polar surface area (TPSA) is 41.1 Å². The Balaban J connectivity index is 2.30. The molecule has 0 radical (unpaired) electrons. The van der Waals surface area contributed by atoms with Gasteiger partial charge in [-0.25, -0.2) is 4.52 Å². The largest absolute Gasteiger partial charge is 0.239 e. The van der Waals surface area contributed by atoms with Gasteiger partial charge in [0.1, 0.15) is 0 Å². The van der Waals surface area contributed by atoms with Crippen molar-refractivity contribution in [3.8, 4) is 17.2 Å². The van der Waals surface area contributed by atoms with E-state index in [2.05, 4.69) is 27.1 Å². The number of nitrogens with zero attached hydrogens (tertiary/aromatic N) is 3. The predicted molar refractivity (Wildman–Crippen MR) is 73.0 cm³/mol. The number of fused-ring (bicyclic) bond motifs is 1.